The smallest absolute Gasteiger partial charge is 0.119 e. The minimum absolute atomic E-state index is 0.127. The van der Waals surface area contributed by atoms with Crippen LogP contribution in [0.3, 0.4) is 0 Å². The molecule has 0 fully saturated rings. The van der Waals surface area contributed by atoms with Gasteiger partial charge in [0.15, 0.2) is 0 Å². The second-order valence-corrected chi connectivity index (χ2v) is 3.86. The van der Waals surface area contributed by atoms with Gasteiger partial charge < -0.3 is 0 Å². The molecule has 2 heteroatoms. The molecule has 0 N–H and O–H groups in total. The Morgan fingerprint density at radius 3 is 3.20 bits per heavy atom. The van der Waals surface area contributed by atoms with Crippen molar-refractivity contribution in [3.05, 3.63) is 59.2 Å². The highest BCUT2D eigenvalue weighted by Gasteiger charge is 2.23. The van der Waals surface area contributed by atoms with Crippen molar-refractivity contribution in [3.63, 3.8) is 0 Å². The number of allylic oxidation sites excluding steroid dienone is 5. The average molecular weight is 199 g/mol. The maximum atomic E-state index is 13.1. The fourth-order valence-corrected chi connectivity index (χ4v) is 2.20. The topological polar surface area (TPSA) is 12.9 Å². The lowest BCUT2D eigenvalue weighted by Gasteiger charge is -2.25. The van der Waals surface area contributed by atoms with Gasteiger partial charge in [-0.2, -0.15) is 0 Å². The van der Waals surface area contributed by atoms with Crippen molar-refractivity contribution >= 4 is 6.08 Å². The van der Waals surface area contributed by atoms with Gasteiger partial charge in [0.05, 0.1) is 0 Å². The van der Waals surface area contributed by atoms with Crippen LogP contribution in [0.4, 0.5) is 4.39 Å². The van der Waals surface area contributed by atoms with E-state index in [1.807, 2.05) is 24.4 Å². The van der Waals surface area contributed by atoms with Crippen LogP contribution in [0.1, 0.15) is 23.5 Å². The first-order valence-electron chi connectivity index (χ1n) is 5.04. The fraction of sp³-hybridized carbons (Fsp3) is 0.154. The van der Waals surface area contributed by atoms with E-state index in [9.17, 15) is 4.39 Å². The SMILES string of the molecule is FC1=CCC2C(=C1)C=Cc1ccncc12. The first-order chi connectivity index (χ1) is 7.34. The molecule has 0 saturated heterocycles. The third kappa shape index (κ3) is 1.33. The molecule has 1 unspecified atom stereocenters. The summed E-state index contributed by atoms with van der Waals surface area (Å²) in [4.78, 5) is 4.13. The largest absolute Gasteiger partial charge is 0.264 e. The predicted octanol–water partition coefficient (Wildman–Crippen LogP) is 3.38. The van der Waals surface area contributed by atoms with Crippen LogP contribution in [0.5, 0.6) is 0 Å². The van der Waals surface area contributed by atoms with Crippen molar-refractivity contribution in [1.29, 1.82) is 0 Å². The first kappa shape index (κ1) is 8.60. The number of nitrogens with zero attached hydrogens (tertiary/aromatic N) is 1. The van der Waals surface area contributed by atoms with Crippen molar-refractivity contribution in [2.24, 2.45) is 0 Å². The predicted molar refractivity (Wildman–Crippen MR) is 57.9 cm³/mol. The zero-order chi connectivity index (χ0) is 10.3. The molecule has 0 bridgehead atoms. The van der Waals surface area contributed by atoms with Gasteiger partial charge in [0.25, 0.3) is 0 Å². The molecule has 2 aliphatic rings. The van der Waals surface area contributed by atoms with E-state index in [0.29, 0.717) is 0 Å². The number of halogens is 1. The van der Waals surface area contributed by atoms with Crippen molar-refractivity contribution in [2.45, 2.75) is 12.3 Å². The molecular formula is C13H10FN. The quantitative estimate of drug-likeness (QED) is 0.624. The van der Waals surface area contributed by atoms with Crippen LogP contribution in [0, 0.1) is 0 Å². The fourth-order valence-electron chi connectivity index (χ4n) is 2.20. The molecular weight excluding hydrogens is 189 g/mol. The zero-order valence-electron chi connectivity index (χ0n) is 8.15. The molecule has 3 rings (SSSR count). The van der Waals surface area contributed by atoms with Gasteiger partial charge in [-0.15, -0.1) is 0 Å². The van der Waals surface area contributed by atoms with Gasteiger partial charge in [-0.3, -0.25) is 4.98 Å². The Hall–Kier alpha value is -1.70. The second-order valence-electron chi connectivity index (χ2n) is 3.86. The van der Waals surface area contributed by atoms with Gasteiger partial charge in [-0.1, -0.05) is 12.2 Å². The Balaban J connectivity index is 2.13. The Morgan fingerprint density at radius 1 is 1.33 bits per heavy atom. The van der Waals surface area contributed by atoms with Crippen molar-refractivity contribution < 1.29 is 4.39 Å². The zero-order valence-corrected chi connectivity index (χ0v) is 8.15. The van der Waals surface area contributed by atoms with E-state index in [1.165, 1.54) is 11.1 Å². The molecule has 1 aromatic heterocycles. The summed E-state index contributed by atoms with van der Waals surface area (Å²) in [7, 11) is 0. The highest BCUT2D eigenvalue weighted by atomic mass is 19.1. The van der Waals surface area contributed by atoms with E-state index in [2.05, 4.69) is 4.98 Å². The van der Waals surface area contributed by atoms with Gasteiger partial charge in [-0.05, 0) is 41.3 Å². The summed E-state index contributed by atoms with van der Waals surface area (Å²) in [5.41, 5.74) is 3.45. The summed E-state index contributed by atoms with van der Waals surface area (Å²) < 4.78 is 13.1. The Labute approximate surface area is 87.7 Å². The number of hydrogen-bond acceptors (Lipinski definition) is 1. The summed E-state index contributed by atoms with van der Waals surface area (Å²) in [5.74, 6) is 0.163. The van der Waals surface area contributed by atoms with E-state index < -0.39 is 0 Å². The number of pyridine rings is 1. The summed E-state index contributed by atoms with van der Waals surface area (Å²) in [5, 5.41) is 0. The molecule has 1 nitrogen and oxygen atoms in total. The molecule has 0 radical (unpaired) electrons. The van der Waals surface area contributed by atoms with E-state index in [1.54, 1.807) is 18.3 Å². The minimum Gasteiger partial charge on any atom is -0.264 e. The van der Waals surface area contributed by atoms with Crippen LogP contribution in [-0.4, -0.2) is 4.98 Å². The number of fused-ring (bicyclic) bond motifs is 3. The van der Waals surface area contributed by atoms with Crippen molar-refractivity contribution in [1.82, 2.24) is 4.98 Å². The number of rotatable bonds is 0. The van der Waals surface area contributed by atoms with E-state index in [-0.39, 0.29) is 11.7 Å². The number of aromatic nitrogens is 1. The van der Waals surface area contributed by atoms with Crippen LogP contribution in [-0.2, 0) is 0 Å². The molecule has 0 amide bonds. The van der Waals surface area contributed by atoms with E-state index in [4.69, 9.17) is 0 Å². The van der Waals surface area contributed by atoms with Crippen LogP contribution in [0.15, 0.2) is 48.1 Å². The van der Waals surface area contributed by atoms with Gasteiger partial charge in [-0.25, -0.2) is 4.39 Å². The molecule has 74 valence electrons. The van der Waals surface area contributed by atoms with Crippen molar-refractivity contribution in [2.75, 3.05) is 0 Å². The molecule has 2 aliphatic carbocycles. The maximum absolute atomic E-state index is 13.1. The normalized spacial score (nSPS) is 22.6. The molecule has 0 saturated carbocycles. The molecule has 0 spiro atoms. The van der Waals surface area contributed by atoms with Gasteiger partial charge in [0.1, 0.15) is 5.83 Å². The lowest BCUT2D eigenvalue weighted by molar-refractivity contribution is 0.636. The molecule has 0 aromatic carbocycles. The summed E-state index contributed by atoms with van der Waals surface area (Å²) in [6.45, 7) is 0. The minimum atomic E-state index is -0.127. The molecule has 1 heterocycles. The monoisotopic (exact) mass is 199 g/mol. The summed E-state index contributed by atoms with van der Waals surface area (Å²) >= 11 is 0. The standard InChI is InChI=1S/C13H10FN/c14-11-3-4-12-10(7-11)2-1-9-5-6-15-8-13(9)12/h1-3,5-8,12H,4H2. The first-order valence-corrected chi connectivity index (χ1v) is 5.04. The van der Waals surface area contributed by atoms with Gasteiger partial charge in [0.2, 0.25) is 0 Å². The summed E-state index contributed by atoms with van der Waals surface area (Å²) in [6.07, 6.45) is 11.7. The molecule has 15 heavy (non-hydrogen) atoms. The Kier molecular flexibility index (Phi) is 1.81. The Bertz CT molecular complexity index is 497. The lowest BCUT2D eigenvalue weighted by Crippen LogP contribution is -2.09. The molecule has 0 aliphatic heterocycles. The van der Waals surface area contributed by atoms with Crippen LogP contribution >= 0.6 is 0 Å². The van der Waals surface area contributed by atoms with Crippen LogP contribution in [0.2, 0.25) is 0 Å². The third-order valence-electron chi connectivity index (χ3n) is 2.97. The van der Waals surface area contributed by atoms with Crippen LogP contribution in [0.25, 0.3) is 6.08 Å². The highest BCUT2D eigenvalue weighted by molar-refractivity contribution is 5.64. The maximum Gasteiger partial charge on any atom is 0.119 e. The second kappa shape index (κ2) is 3.16. The van der Waals surface area contributed by atoms with Gasteiger partial charge >= 0.3 is 0 Å². The lowest BCUT2D eigenvalue weighted by atomic mass is 9.80. The highest BCUT2D eigenvalue weighted by Crippen LogP contribution is 2.39. The van der Waals surface area contributed by atoms with Crippen LogP contribution < -0.4 is 0 Å². The number of hydrogen-bond donors (Lipinski definition) is 0. The average Bonchev–Trinajstić information content (AvgIpc) is 2.28. The summed E-state index contributed by atoms with van der Waals surface area (Å²) in [6, 6.07) is 2.00. The molecule has 1 atom stereocenters. The Morgan fingerprint density at radius 2 is 2.27 bits per heavy atom. The van der Waals surface area contributed by atoms with E-state index >= 15 is 0 Å². The van der Waals surface area contributed by atoms with Gasteiger partial charge in [0, 0.05) is 18.3 Å². The van der Waals surface area contributed by atoms with Crippen molar-refractivity contribution in [3.8, 4) is 0 Å². The van der Waals surface area contributed by atoms with E-state index in [0.717, 1.165) is 12.0 Å². The molecule has 1 aromatic rings. The third-order valence-corrected chi connectivity index (χ3v) is 2.97.